The number of rotatable bonds is 7. The summed E-state index contributed by atoms with van der Waals surface area (Å²) in [7, 11) is 13.1. The molecule has 9 heteroatoms. The minimum absolute atomic E-state index is 0.0145. The van der Waals surface area contributed by atoms with E-state index in [1.165, 1.54) is 0 Å². The Morgan fingerprint density at radius 2 is 1.12 bits per heavy atom. The number of carbonyl (C=O) groups is 2. The number of nitrogens with one attached hydrogen (secondary N) is 2. The first kappa shape index (κ1) is 33.8. The molecule has 207 valence electrons. The Hall–Kier alpha value is -2.42. The summed E-state index contributed by atoms with van der Waals surface area (Å²) in [5.41, 5.74) is 3.08. The first-order valence-corrected chi connectivity index (χ1v) is 23.2. The van der Waals surface area contributed by atoms with Gasteiger partial charge < -0.3 is 10.6 Å². The molecule has 0 amide bonds. The number of hydrogen-bond acceptors (Lipinski definition) is 5. The van der Waals surface area contributed by atoms with Gasteiger partial charge in [0, 0.05) is 35.1 Å². The van der Waals surface area contributed by atoms with Crippen LogP contribution in [0.15, 0.2) is 132 Å². The van der Waals surface area contributed by atoms with Gasteiger partial charge in [0.15, 0.2) is 11.6 Å². The second-order valence-corrected chi connectivity index (χ2v) is 24.5. The summed E-state index contributed by atoms with van der Waals surface area (Å²) in [5, 5.41) is 6.59. The average Bonchev–Trinajstić information content (AvgIpc) is 2.98. The third kappa shape index (κ3) is 10.2. The van der Waals surface area contributed by atoms with Gasteiger partial charge in [0.2, 0.25) is 0 Å². The molecule has 1 atom stereocenters. The number of halogens is 2. The Balaban J connectivity index is 0.000000284. The van der Waals surface area contributed by atoms with E-state index in [9.17, 15) is 9.59 Å². The molecule has 2 aromatic carbocycles. The van der Waals surface area contributed by atoms with Gasteiger partial charge >= 0.3 is 123 Å². The van der Waals surface area contributed by atoms with Gasteiger partial charge in [-0.3, -0.25) is 9.59 Å². The molecule has 0 aromatic heterocycles. The molecule has 0 heterocycles. The van der Waals surface area contributed by atoms with Crippen LogP contribution in [0.3, 0.4) is 0 Å². The van der Waals surface area contributed by atoms with Crippen molar-refractivity contribution in [2.45, 2.75) is 26.8 Å². The molecular formula is C31H32Cl2N2O3SnV. The molecule has 0 fully saturated rings. The Kier molecular flexibility index (Phi) is 14.7. The van der Waals surface area contributed by atoms with E-state index in [4.69, 9.17) is 21.5 Å². The predicted octanol–water partition coefficient (Wildman–Crippen LogP) is 5.09. The second-order valence-electron chi connectivity index (χ2n) is 8.98. The van der Waals surface area contributed by atoms with Crippen molar-refractivity contribution in [1.29, 1.82) is 0 Å². The number of benzene rings is 2. The molecule has 40 heavy (non-hydrogen) atoms. The van der Waals surface area contributed by atoms with E-state index in [0.29, 0.717) is 17.7 Å². The Bertz CT molecular complexity index is 1310. The summed E-state index contributed by atoms with van der Waals surface area (Å²) in [6.07, 6.45) is 13.9. The predicted molar refractivity (Wildman–Crippen MR) is 163 cm³/mol. The molecule has 2 N–H and O–H groups in total. The third-order valence-corrected chi connectivity index (χ3v) is 17.9. The van der Waals surface area contributed by atoms with Crippen LogP contribution in [0.2, 0.25) is 0 Å². The molecule has 1 unspecified atom stereocenters. The summed E-state index contributed by atoms with van der Waals surface area (Å²) in [6.45, 7) is 6.47. The van der Waals surface area contributed by atoms with Gasteiger partial charge in [-0.15, -0.1) is 0 Å². The molecule has 2 aliphatic rings. The number of carbonyl (C=O) groups excluding carboxylic acids is 2. The van der Waals surface area contributed by atoms with Gasteiger partial charge in [0.05, 0.1) is 0 Å². The standard InChI is InChI=1S/C19H22N2O2.2C6H5.2ClH.O.Sn.V/c1-13(21-15(3)17-9-5-7-11-19(17)23)12-20-14(2)16-8-4-6-10-18(16)22;2*1-2-4-6-5-3-1;;;;;/h4-11,13,20-21H,12H2,1-3H3;2*1-5H;2*1H;;;/q;;;;;;+2;/p-2. The molecule has 0 aliphatic heterocycles. The maximum atomic E-state index is 11.8. The topological polar surface area (TPSA) is 75.3 Å². The van der Waals surface area contributed by atoms with Gasteiger partial charge in [0.1, 0.15) is 0 Å². The number of ketones is 2. The Morgan fingerprint density at radius 3 is 1.55 bits per heavy atom. The van der Waals surface area contributed by atoms with E-state index < -0.39 is 16.1 Å². The summed E-state index contributed by atoms with van der Waals surface area (Å²) in [5.74, 6) is 0.0295. The van der Waals surface area contributed by atoms with Crippen LogP contribution in [0, 0.1) is 0 Å². The minimum atomic E-state index is -3.30. The first-order chi connectivity index (χ1) is 19.2. The van der Waals surface area contributed by atoms with Crippen LogP contribution in [0.25, 0.3) is 0 Å². The number of allylic oxidation sites excluding steroid dienone is 12. The monoisotopic (exact) mass is 721 g/mol. The first-order valence-electron chi connectivity index (χ1n) is 12.6. The van der Waals surface area contributed by atoms with Crippen LogP contribution in [0.5, 0.6) is 0 Å². The van der Waals surface area contributed by atoms with Crippen molar-refractivity contribution < 1.29 is 30.6 Å². The molecule has 2 aromatic rings. The molecule has 0 bridgehead atoms. The van der Waals surface area contributed by atoms with Gasteiger partial charge in [0.25, 0.3) is 0 Å². The van der Waals surface area contributed by atoms with Crippen molar-refractivity contribution in [2.24, 2.45) is 0 Å². The third-order valence-electron chi connectivity index (χ3n) is 5.99. The van der Waals surface area contributed by atoms with Crippen molar-refractivity contribution in [3.05, 3.63) is 132 Å². The van der Waals surface area contributed by atoms with Crippen LogP contribution in [-0.2, 0) is 30.6 Å². The van der Waals surface area contributed by atoms with E-state index in [0.717, 1.165) is 35.9 Å². The van der Waals surface area contributed by atoms with Crippen LogP contribution < -0.4 is 17.8 Å². The average molecular weight is 721 g/mol. The zero-order chi connectivity index (χ0) is 29.5. The van der Waals surface area contributed by atoms with Gasteiger partial charge in [-0.1, -0.05) is 24.3 Å². The fraction of sp³-hybridized carbons (Fsp3) is 0.161. The van der Waals surface area contributed by atoms with Crippen LogP contribution in [0.4, 0.5) is 0 Å². The Morgan fingerprint density at radius 1 is 0.725 bits per heavy atom. The molecule has 2 aliphatic carbocycles. The zero-order valence-corrected chi connectivity index (χ0v) is 28.4. The maximum absolute atomic E-state index is 11.8. The molecule has 0 saturated carbocycles. The fourth-order valence-corrected chi connectivity index (χ4v) is 11.7. The van der Waals surface area contributed by atoms with Gasteiger partial charge in [-0.25, -0.2) is 0 Å². The van der Waals surface area contributed by atoms with E-state index in [2.05, 4.69) is 10.6 Å². The van der Waals surface area contributed by atoms with E-state index in [-0.39, 0.29) is 17.6 Å². The Labute approximate surface area is 257 Å². The van der Waals surface area contributed by atoms with E-state index in [1.807, 2.05) is 106 Å². The zero-order valence-electron chi connectivity index (χ0n) is 22.6. The summed E-state index contributed by atoms with van der Waals surface area (Å²) in [4.78, 5) is 23.6. The van der Waals surface area contributed by atoms with Crippen LogP contribution >= 0.6 is 17.8 Å². The summed E-state index contributed by atoms with van der Waals surface area (Å²) >= 11 is -2.24. The summed E-state index contributed by atoms with van der Waals surface area (Å²) < 4.78 is 10.4. The van der Waals surface area contributed by atoms with Crippen molar-refractivity contribution >= 4 is 52.7 Å². The molecular weight excluding hydrogens is 689 g/mol. The van der Waals surface area contributed by atoms with E-state index in [1.54, 1.807) is 24.3 Å². The fourth-order valence-electron chi connectivity index (χ4n) is 3.91. The van der Waals surface area contributed by atoms with Gasteiger partial charge in [-0.2, -0.15) is 0 Å². The molecule has 4 rings (SSSR count). The molecule has 0 radical (unpaired) electrons. The summed E-state index contributed by atoms with van der Waals surface area (Å²) in [6, 6.07) is 20.1. The van der Waals surface area contributed by atoms with Crippen molar-refractivity contribution in [3.8, 4) is 0 Å². The SMILES string of the molecule is CC(NCC(C)NC(C)=C1C=CC=CC1=O)=C1C=CC=CC1=O.[Cl][Sn]([Cl])([c]1ccccc1)[c]1ccccc1.[O]=[V]. The molecule has 5 nitrogen and oxygen atoms in total. The van der Waals surface area contributed by atoms with E-state index >= 15 is 0 Å². The number of hydrogen-bond donors (Lipinski definition) is 2. The van der Waals surface area contributed by atoms with Crippen molar-refractivity contribution in [3.63, 3.8) is 0 Å². The second kappa shape index (κ2) is 17.4. The normalized spacial score (nSPS) is 17.1. The van der Waals surface area contributed by atoms with Crippen molar-refractivity contribution in [2.75, 3.05) is 6.54 Å². The molecule has 0 saturated heterocycles. The van der Waals surface area contributed by atoms with Crippen LogP contribution in [-0.4, -0.2) is 40.3 Å². The van der Waals surface area contributed by atoms with Gasteiger partial charge in [-0.05, 0) is 45.1 Å². The molecule has 0 spiro atoms. The van der Waals surface area contributed by atoms with Crippen LogP contribution in [0.1, 0.15) is 20.8 Å². The quantitative estimate of drug-likeness (QED) is 0.308. The van der Waals surface area contributed by atoms with Crippen molar-refractivity contribution in [1.82, 2.24) is 10.6 Å².